The zero-order valence-corrected chi connectivity index (χ0v) is 19.2. The number of nitrogens with one attached hydrogen (secondary N) is 1. The first-order valence-corrected chi connectivity index (χ1v) is 11.7. The molecule has 2 amide bonds. The largest absolute Gasteiger partial charge is 0.341 e. The van der Waals surface area contributed by atoms with Crippen LogP contribution in [0.15, 0.2) is 48.5 Å². The minimum absolute atomic E-state index is 0.0172. The molecular weight excluding hydrogens is 400 g/mol. The predicted octanol–water partition coefficient (Wildman–Crippen LogP) is 3.22. The van der Waals surface area contributed by atoms with Crippen molar-refractivity contribution in [3.05, 3.63) is 65.2 Å². The van der Waals surface area contributed by atoms with Crippen LogP contribution in [0.5, 0.6) is 0 Å². The second-order valence-corrected chi connectivity index (χ2v) is 8.97. The van der Waals surface area contributed by atoms with E-state index in [0.717, 1.165) is 74.5 Å². The highest BCUT2D eigenvalue weighted by atomic mass is 16.2. The Hall–Kier alpha value is -2.70. The van der Waals surface area contributed by atoms with Gasteiger partial charge >= 0.3 is 0 Å². The summed E-state index contributed by atoms with van der Waals surface area (Å²) >= 11 is 0. The lowest BCUT2D eigenvalue weighted by Crippen LogP contribution is -2.52. The number of nitrogens with zero attached hydrogens (tertiary/aromatic N) is 3. The number of hydrogen-bond donors (Lipinski definition) is 1. The number of benzene rings is 2. The fourth-order valence-corrected chi connectivity index (χ4v) is 4.83. The fraction of sp³-hybridized carbons (Fsp3) is 0.462. The Morgan fingerprint density at radius 2 is 1.47 bits per heavy atom. The van der Waals surface area contributed by atoms with Gasteiger partial charge in [0.2, 0.25) is 11.8 Å². The summed E-state index contributed by atoms with van der Waals surface area (Å²) in [5.74, 6) is 0.235. The number of piperazine rings is 1. The predicted molar refractivity (Wildman–Crippen MR) is 128 cm³/mol. The van der Waals surface area contributed by atoms with E-state index in [1.807, 2.05) is 55.1 Å². The van der Waals surface area contributed by atoms with Crippen LogP contribution in [0, 0.1) is 13.8 Å². The molecule has 0 radical (unpaired) electrons. The van der Waals surface area contributed by atoms with E-state index in [1.54, 1.807) is 0 Å². The number of amides is 2. The van der Waals surface area contributed by atoms with Crippen molar-refractivity contribution in [2.45, 2.75) is 32.7 Å². The van der Waals surface area contributed by atoms with Crippen LogP contribution in [-0.2, 0) is 9.59 Å². The second-order valence-electron chi connectivity index (χ2n) is 8.97. The van der Waals surface area contributed by atoms with Gasteiger partial charge in [-0.05, 0) is 43.4 Å². The Bertz CT molecular complexity index is 912. The molecule has 0 aliphatic carbocycles. The average Bonchev–Trinajstić information content (AvgIpc) is 3.34. The summed E-state index contributed by atoms with van der Waals surface area (Å²) in [4.78, 5) is 32.5. The summed E-state index contributed by atoms with van der Waals surface area (Å²) in [6.07, 6.45) is 2.19. The molecule has 4 rings (SSSR count). The molecule has 2 fully saturated rings. The number of carbonyl (C=O) groups excluding carboxylic acids is 2. The maximum absolute atomic E-state index is 13.4. The molecule has 2 aliphatic rings. The molecule has 0 bridgehead atoms. The van der Waals surface area contributed by atoms with Gasteiger partial charge in [0.15, 0.2) is 0 Å². The Labute approximate surface area is 191 Å². The first-order chi connectivity index (χ1) is 15.5. The van der Waals surface area contributed by atoms with Crippen molar-refractivity contribution >= 4 is 17.5 Å². The van der Waals surface area contributed by atoms with E-state index in [2.05, 4.69) is 27.2 Å². The average molecular weight is 435 g/mol. The van der Waals surface area contributed by atoms with Gasteiger partial charge < -0.3 is 10.2 Å². The molecule has 2 aromatic rings. The van der Waals surface area contributed by atoms with E-state index in [4.69, 9.17) is 0 Å². The van der Waals surface area contributed by atoms with Crippen LogP contribution in [0.3, 0.4) is 0 Å². The molecule has 2 aromatic carbocycles. The topological polar surface area (TPSA) is 55.9 Å². The van der Waals surface area contributed by atoms with Crippen molar-refractivity contribution in [1.82, 2.24) is 14.7 Å². The SMILES string of the molecule is Cc1cccc(C)c1NC(=O)CN1CCN([C@@H](C(=O)N2CCCC2)c2ccccc2)CC1. The van der Waals surface area contributed by atoms with Crippen molar-refractivity contribution in [3.63, 3.8) is 0 Å². The molecule has 1 N–H and O–H groups in total. The van der Waals surface area contributed by atoms with Crippen molar-refractivity contribution in [1.29, 1.82) is 0 Å². The summed E-state index contributed by atoms with van der Waals surface area (Å²) < 4.78 is 0. The first kappa shape index (κ1) is 22.5. The van der Waals surface area contributed by atoms with E-state index in [0.29, 0.717) is 6.54 Å². The monoisotopic (exact) mass is 434 g/mol. The highest BCUT2D eigenvalue weighted by Crippen LogP contribution is 2.26. The lowest BCUT2D eigenvalue weighted by atomic mass is 10.0. The van der Waals surface area contributed by atoms with Gasteiger partial charge in [0.05, 0.1) is 6.54 Å². The molecule has 6 heteroatoms. The first-order valence-electron chi connectivity index (χ1n) is 11.7. The smallest absolute Gasteiger partial charge is 0.244 e. The van der Waals surface area contributed by atoms with Gasteiger partial charge in [-0.1, -0.05) is 48.5 Å². The molecule has 2 saturated heterocycles. The molecule has 6 nitrogen and oxygen atoms in total. The van der Waals surface area contributed by atoms with Gasteiger partial charge in [0, 0.05) is 45.0 Å². The standard InChI is InChI=1S/C26H34N4O2/c1-20-9-8-10-21(2)24(20)27-23(31)19-28-15-17-29(18-16-28)25(22-11-4-3-5-12-22)26(32)30-13-6-7-14-30/h3-5,8-12,25H,6-7,13-19H2,1-2H3,(H,27,31)/t25-/m1/s1. The summed E-state index contributed by atoms with van der Waals surface area (Å²) in [5.41, 5.74) is 4.13. The number of anilines is 1. The maximum atomic E-state index is 13.4. The third-order valence-electron chi connectivity index (χ3n) is 6.65. The van der Waals surface area contributed by atoms with Gasteiger partial charge in [-0.3, -0.25) is 19.4 Å². The highest BCUT2D eigenvalue weighted by Gasteiger charge is 2.34. The van der Waals surface area contributed by atoms with E-state index < -0.39 is 0 Å². The second kappa shape index (κ2) is 10.3. The van der Waals surface area contributed by atoms with Crippen LogP contribution in [0.2, 0.25) is 0 Å². The van der Waals surface area contributed by atoms with Crippen LogP contribution in [0.4, 0.5) is 5.69 Å². The minimum Gasteiger partial charge on any atom is -0.341 e. The Kier molecular flexibility index (Phi) is 7.22. The van der Waals surface area contributed by atoms with Crippen molar-refractivity contribution in [2.75, 3.05) is 51.1 Å². The summed E-state index contributed by atoms with van der Waals surface area (Å²) in [6, 6.07) is 15.9. The quantitative estimate of drug-likeness (QED) is 0.759. The number of rotatable bonds is 6. The highest BCUT2D eigenvalue weighted by molar-refractivity contribution is 5.93. The zero-order chi connectivity index (χ0) is 22.5. The maximum Gasteiger partial charge on any atom is 0.244 e. The zero-order valence-electron chi connectivity index (χ0n) is 19.2. The number of hydrogen-bond acceptors (Lipinski definition) is 4. The number of para-hydroxylation sites is 1. The lowest BCUT2D eigenvalue weighted by molar-refractivity contribution is -0.137. The van der Waals surface area contributed by atoms with E-state index in [-0.39, 0.29) is 17.9 Å². The van der Waals surface area contributed by atoms with Crippen LogP contribution in [0.1, 0.15) is 35.6 Å². The lowest BCUT2D eigenvalue weighted by Gasteiger charge is -2.39. The normalized spacial score (nSPS) is 18.5. The Morgan fingerprint density at radius 3 is 2.09 bits per heavy atom. The molecule has 170 valence electrons. The number of aryl methyl sites for hydroxylation is 2. The molecule has 0 aromatic heterocycles. The van der Waals surface area contributed by atoms with Crippen LogP contribution < -0.4 is 5.32 Å². The van der Waals surface area contributed by atoms with E-state index in [1.165, 1.54) is 0 Å². The molecule has 2 aliphatic heterocycles. The van der Waals surface area contributed by atoms with Crippen molar-refractivity contribution in [2.24, 2.45) is 0 Å². The summed E-state index contributed by atoms with van der Waals surface area (Å²) in [5, 5.41) is 3.09. The van der Waals surface area contributed by atoms with Gasteiger partial charge in [0.25, 0.3) is 0 Å². The van der Waals surface area contributed by atoms with Gasteiger partial charge in [-0.25, -0.2) is 0 Å². The third-order valence-corrected chi connectivity index (χ3v) is 6.65. The van der Waals surface area contributed by atoms with Crippen molar-refractivity contribution < 1.29 is 9.59 Å². The van der Waals surface area contributed by atoms with E-state index >= 15 is 0 Å². The number of likely N-dealkylation sites (tertiary alicyclic amines) is 1. The minimum atomic E-state index is -0.236. The summed E-state index contributed by atoms with van der Waals surface area (Å²) in [7, 11) is 0. The Morgan fingerprint density at radius 1 is 0.844 bits per heavy atom. The molecular formula is C26H34N4O2. The van der Waals surface area contributed by atoms with Gasteiger partial charge in [-0.2, -0.15) is 0 Å². The molecule has 0 saturated carbocycles. The summed E-state index contributed by atoms with van der Waals surface area (Å²) in [6.45, 7) is 9.23. The molecule has 32 heavy (non-hydrogen) atoms. The van der Waals surface area contributed by atoms with Crippen molar-refractivity contribution in [3.8, 4) is 0 Å². The number of carbonyl (C=O) groups is 2. The third kappa shape index (κ3) is 5.19. The van der Waals surface area contributed by atoms with Crippen LogP contribution in [0.25, 0.3) is 0 Å². The molecule has 1 atom stereocenters. The Balaban J connectivity index is 1.37. The van der Waals surface area contributed by atoms with Gasteiger partial charge in [0.1, 0.15) is 6.04 Å². The fourth-order valence-electron chi connectivity index (χ4n) is 4.83. The van der Waals surface area contributed by atoms with Crippen LogP contribution in [-0.4, -0.2) is 72.3 Å². The van der Waals surface area contributed by atoms with Gasteiger partial charge in [-0.15, -0.1) is 0 Å². The molecule has 2 heterocycles. The van der Waals surface area contributed by atoms with Crippen LogP contribution >= 0.6 is 0 Å². The molecule has 0 unspecified atom stereocenters. The van der Waals surface area contributed by atoms with E-state index in [9.17, 15) is 9.59 Å². The molecule has 0 spiro atoms.